The lowest BCUT2D eigenvalue weighted by Crippen LogP contribution is -1.97. The zero-order valence-corrected chi connectivity index (χ0v) is 8.36. The van der Waals surface area contributed by atoms with Gasteiger partial charge in [-0.05, 0) is 35.0 Å². The van der Waals surface area contributed by atoms with E-state index in [-0.39, 0.29) is 10.6 Å². The lowest BCUT2D eigenvalue weighted by atomic mass is 10.1. The van der Waals surface area contributed by atoms with Gasteiger partial charge in [0.1, 0.15) is 15.9 Å². The molecular formula is C10H7O4S-. The van der Waals surface area contributed by atoms with Crippen molar-refractivity contribution in [2.75, 3.05) is 0 Å². The molecule has 15 heavy (non-hydrogen) atoms. The fourth-order valence-electron chi connectivity index (χ4n) is 1.37. The van der Waals surface area contributed by atoms with Crippen molar-refractivity contribution in [3.63, 3.8) is 0 Å². The van der Waals surface area contributed by atoms with Gasteiger partial charge in [0.2, 0.25) is 0 Å². The molecule has 0 heterocycles. The van der Waals surface area contributed by atoms with Gasteiger partial charge in [-0.15, -0.1) is 0 Å². The molecule has 0 aliphatic carbocycles. The van der Waals surface area contributed by atoms with Crippen LogP contribution in [0.2, 0.25) is 0 Å². The summed E-state index contributed by atoms with van der Waals surface area (Å²) in [6.45, 7) is 0. The average molecular weight is 223 g/mol. The highest BCUT2D eigenvalue weighted by Gasteiger charge is 2.02. The summed E-state index contributed by atoms with van der Waals surface area (Å²) in [7, 11) is -4.42. The summed E-state index contributed by atoms with van der Waals surface area (Å²) in [6, 6.07) is 8.49. The first kappa shape index (κ1) is 9.95. The fraction of sp³-hybridized carbons (Fsp3) is 0. The third-order valence-electron chi connectivity index (χ3n) is 2.08. The minimum atomic E-state index is -4.42. The van der Waals surface area contributed by atoms with E-state index in [1.807, 2.05) is 0 Å². The van der Waals surface area contributed by atoms with Crippen LogP contribution in [0.5, 0.6) is 5.75 Å². The van der Waals surface area contributed by atoms with Gasteiger partial charge >= 0.3 is 0 Å². The summed E-state index contributed by atoms with van der Waals surface area (Å²) in [5, 5.41) is 10.5. The minimum Gasteiger partial charge on any atom is -0.744 e. The molecule has 0 aliphatic rings. The smallest absolute Gasteiger partial charge is 0.124 e. The van der Waals surface area contributed by atoms with E-state index in [2.05, 4.69) is 0 Å². The fourth-order valence-corrected chi connectivity index (χ4v) is 1.87. The summed E-state index contributed by atoms with van der Waals surface area (Å²) < 4.78 is 32.2. The van der Waals surface area contributed by atoms with Gasteiger partial charge in [-0.25, -0.2) is 8.42 Å². The van der Waals surface area contributed by atoms with Gasteiger partial charge in [0.15, 0.2) is 0 Å². The Morgan fingerprint density at radius 1 is 1.00 bits per heavy atom. The van der Waals surface area contributed by atoms with Crippen molar-refractivity contribution in [2.45, 2.75) is 4.90 Å². The van der Waals surface area contributed by atoms with E-state index in [0.29, 0.717) is 10.8 Å². The average Bonchev–Trinajstić information content (AvgIpc) is 2.15. The second-order valence-electron chi connectivity index (χ2n) is 3.15. The Hall–Kier alpha value is -1.59. The SMILES string of the molecule is O=S(=O)([O-])c1ccc2cc(O)ccc2c1. The van der Waals surface area contributed by atoms with E-state index in [1.165, 1.54) is 30.3 Å². The number of benzene rings is 2. The lowest BCUT2D eigenvalue weighted by molar-refractivity contribution is 0.463. The van der Waals surface area contributed by atoms with Crippen molar-refractivity contribution < 1.29 is 18.1 Å². The van der Waals surface area contributed by atoms with Crippen molar-refractivity contribution in [3.05, 3.63) is 36.4 Å². The molecule has 2 aromatic carbocycles. The van der Waals surface area contributed by atoms with Crippen molar-refractivity contribution in [2.24, 2.45) is 0 Å². The van der Waals surface area contributed by atoms with E-state index in [4.69, 9.17) is 0 Å². The minimum absolute atomic E-state index is 0.0974. The van der Waals surface area contributed by atoms with Crippen LogP contribution < -0.4 is 0 Å². The normalized spacial score (nSPS) is 11.8. The van der Waals surface area contributed by atoms with Crippen LogP contribution >= 0.6 is 0 Å². The molecule has 0 bridgehead atoms. The third-order valence-corrected chi connectivity index (χ3v) is 2.92. The molecule has 0 radical (unpaired) electrons. The first-order valence-corrected chi connectivity index (χ1v) is 5.56. The topological polar surface area (TPSA) is 77.4 Å². The number of rotatable bonds is 1. The van der Waals surface area contributed by atoms with E-state index in [0.717, 1.165) is 0 Å². The molecule has 0 amide bonds. The van der Waals surface area contributed by atoms with Crippen molar-refractivity contribution >= 4 is 20.9 Å². The first-order valence-electron chi connectivity index (χ1n) is 4.15. The van der Waals surface area contributed by atoms with Crippen LogP contribution in [-0.4, -0.2) is 18.1 Å². The van der Waals surface area contributed by atoms with Crippen molar-refractivity contribution in [1.29, 1.82) is 0 Å². The maximum Gasteiger partial charge on any atom is 0.124 e. The van der Waals surface area contributed by atoms with Crippen LogP contribution in [-0.2, 0) is 10.1 Å². The molecule has 0 aliphatic heterocycles. The molecule has 0 saturated heterocycles. The van der Waals surface area contributed by atoms with E-state index >= 15 is 0 Å². The van der Waals surface area contributed by atoms with Gasteiger partial charge in [-0.1, -0.05) is 12.1 Å². The van der Waals surface area contributed by atoms with Crippen molar-refractivity contribution in [3.8, 4) is 5.75 Å². The molecule has 2 rings (SSSR count). The Morgan fingerprint density at radius 3 is 2.27 bits per heavy atom. The van der Waals surface area contributed by atoms with Crippen LogP contribution in [0, 0.1) is 0 Å². The van der Waals surface area contributed by atoms with Crippen molar-refractivity contribution in [1.82, 2.24) is 0 Å². The second kappa shape index (κ2) is 3.22. The molecule has 0 atom stereocenters. The largest absolute Gasteiger partial charge is 0.744 e. The Bertz CT molecular complexity index is 616. The molecule has 1 N–H and O–H groups in total. The Labute approximate surface area is 86.5 Å². The molecule has 0 aromatic heterocycles. The summed E-state index contributed by atoms with van der Waals surface area (Å²) in [6.07, 6.45) is 0. The van der Waals surface area contributed by atoms with Gasteiger partial charge in [0, 0.05) is 0 Å². The quantitative estimate of drug-likeness (QED) is 0.742. The molecule has 0 saturated carbocycles. The van der Waals surface area contributed by atoms with E-state index < -0.39 is 10.1 Å². The number of phenolic OH excluding ortho intramolecular Hbond substituents is 1. The Balaban J connectivity index is 2.73. The Kier molecular flexibility index (Phi) is 2.13. The zero-order chi connectivity index (χ0) is 11.1. The van der Waals surface area contributed by atoms with E-state index in [1.54, 1.807) is 6.07 Å². The monoisotopic (exact) mass is 223 g/mol. The Morgan fingerprint density at radius 2 is 1.60 bits per heavy atom. The molecule has 5 heteroatoms. The van der Waals surface area contributed by atoms with Gasteiger partial charge in [-0.3, -0.25) is 0 Å². The van der Waals surface area contributed by atoms with E-state index in [9.17, 15) is 18.1 Å². The maximum atomic E-state index is 10.7. The number of fused-ring (bicyclic) bond motifs is 1. The van der Waals surface area contributed by atoms with Gasteiger partial charge in [-0.2, -0.15) is 0 Å². The summed E-state index contributed by atoms with van der Waals surface area (Å²) >= 11 is 0. The highest BCUT2D eigenvalue weighted by atomic mass is 32.2. The molecule has 78 valence electrons. The molecule has 2 aromatic rings. The van der Waals surface area contributed by atoms with Crippen LogP contribution in [0.3, 0.4) is 0 Å². The molecule has 0 spiro atoms. The highest BCUT2D eigenvalue weighted by Crippen LogP contribution is 2.22. The second-order valence-corrected chi connectivity index (χ2v) is 4.53. The lowest BCUT2D eigenvalue weighted by Gasteiger charge is -2.07. The predicted molar refractivity (Wildman–Crippen MR) is 53.6 cm³/mol. The summed E-state index contributed by atoms with van der Waals surface area (Å²) in [5.41, 5.74) is 0. The third kappa shape index (κ3) is 1.93. The van der Waals surface area contributed by atoms with Crippen LogP contribution in [0.1, 0.15) is 0 Å². The summed E-state index contributed by atoms with van der Waals surface area (Å²) in [4.78, 5) is -0.263. The van der Waals surface area contributed by atoms with Crippen LogP contribution in [0.25, 0.3) is 10.8 Å². The van der Waals surface area contributed by atoms with Gasteiger partial charge in [0.05, 0.1) is 4.90 Å². The first-order chi connectivity index (χ1) is 6.97. The molecule has 4 nitrogen and oxygen atoms in total. The maximum absolute atomic E-state index is 10.7. The summed E-state index contributed by atoms with van der Waals surface area (Å²) in [5.74, 6) is 0.0974. The highest BCUT2D eigenvalue weighted by molar-refractivity contribution is 7.85. The standard InChI is InChI=1S/C10H8O4S/c11-9-3-1-8-6-10(15(12,13)14)4-2-7(8)5-9/h1-6,11H,(H,12,13,14)/p-1. The van der Waals surface area contributed by atoms with Crippen LogP contribution in [0.15, 0.2) is 41.3 Å². The predicted octanol–water partition coefficient (Wildman–Crippen LogP) is 1.45. The zero-order valence-electron chi connectivity index (χ0n) is 7.54. The van der Waals surface area contributed by atoms with Gasteiger partial charge in [0.25, 0.3) is 0 Å². The molecular weight excluding hydrogens is 216 g/mol. The van der Waals surface area contributed by atoms with Gasteiger partial charge < -0.3 is 9.66 Å². The number of aromatic hydroxyl groups is 1. The number of phenols is 1. The van der Waals surface area contributed by atoms with Crippen LogP contribution in [0.4, 0.5) is 0 Å². The number of hydrogen-bond acceptors (Lipinski definition) is 4. The number of hydrogen-bond donors (Lipinski definition) is 1. The molecule has 0 fully saturated rings. The molecule has 0 unspecified atom stereocenters.